The second-order valence-electron chi connectivity index (χ2n) is 5.21. The van der Waals surface area contributed by atoms with E-state index in [0.717, 1.165) is 6.42 Å². The van der Waals surface area contributed by atoms with Gasteiger partial charge < -0.3 is 5.32 Å². The number of benzene rings is 1. The minimum absolute atomic E-state index is 0.0602. The number of aromatic nitrogens is 3. The second-order valence-corrected chi connectivity index (χ2v) is 5.62. The van der Waals surface area contributed by atoms with Crippen molar-refractivity contribution in [2.45, 2.75) is 33.2 Å². The molecule has 3 rings (SSSR count). The average molecular weight is 381 g/mol. The van der Waals surface area contributed by atoms with Crippen molar-refractivity contribution in [3.63, 3.8) is 0 Å². The number of halogens is 3. The van der Waals surface area contributed by atoms with Gasteiger partial charge in [0.1, 0.15) is 12.2 Å². The molecule has 0 saturated carbocycles. The van der Waals surface area contributed by atoms with Crippen LogP contribution < -0.4 is 5.32 Å². The molecule has 26 heavy (non-hydrogen) atoms. The van der Waals surface area contributed by atoms with Crippen LogP contribution in [0.2, 0.25) is 5.02 Å². The van der Waals surface area contributed by atoms with E-state index in [1.165, 1.54) is 35.3 Å². The zero-order valence-electron chi connectivity index (χ0n) is 14.5. The first kappa shape index (κ1) is 19.8. The van der Waals surface area contributed by atoms with E-state index in [-0.39, 0.29) is 28.9 Å². The number of hydrogen-bond donors (Lipinski definition) is 1. The van der Waals surface area contributed by atoms with Gasteiger partial charge in [0.25, 0.3) is 5.91 Å². The van der Waals surface area contributed by atoms with Crippen molar-refractivity contribution in [3.8, 4) is 0 Å². The van der Waals surface area contributed by atoms with Crippen LogP contribution in [0.5, 0.6) is 0 Å². The number of allylic oxidation sites excluding steroid dienone is 4. The van der Waals surface area contributed by atoms with Crippen LogP contribution in [0.15, 0.2) is 48.1 Å². The minimum Gasteiger partial charge on any atom is -0.317 e. The lowest BCUT2D eigenvalue weighted by atomic mass is 10.0. The highest BCUT2D eigenvalue weighted by Gasteiger charge is 2.16. The Labute approximate surface area is 155 Å². The molecule has 2 aromatic rings. The van der Waals surface area contributed by atoms with Crippen LogP contribution in [-0.4, -0.2) is 20.7 Å². The maximum Gasteiger partial charge on any atom is 0.295 e. The molecule has 0 bridgehead atoms. The molecule has 0 saturated heterocycles. The largest absolute Gasteiger partial charge is 0.317 e. The number of rotatable bonds is 4. The fourth-order valence-electron chi connectivity index (χ4n) is 2.29. The standard InChI is InChI=1S/C16H13ClF2N4O.C2H6/c17-11-5-3-7-13(14(11)19)21-16(24)15-20-9-23(22-15)8-10-4-1-2-6-12(10)18;1-2/h2-3,5-7,9H,1,4,8H2,(H,21,24);1-2H3. The summed E-state index contributed by atoms with van der Waals surface area (Å²) in [5, 5.41) is 6.26. The highest BCUT2D eigenvalue weighted by Crippen LogP contribution is 2.23. The number of nitrogens with zero attached hydrogens (tertiary/aromatic N) is 3. The van der Waals surface area contributed by atoms with E-state index in [9.17, 15) is 13.6 Å². The maximum atomic E-state index is 13.8. The Hall–Kier alpha value is -2.54. The maximum absolute atomic E-state index is 13.8. The molecule has 0 spiro atoms. The molecule has 1 aromatic heterocycles. The van der Waals surface area contributed by atoms with Crippen molar-refractivity contribution in [2.75, 3.05) is 5.32 Å². The number of hydrogen-bond acceptors (Lipinski definition) is 3. The van der Waals surface area contributed by atoms with Gasteiger partial charge in [-0.3, -0.25) is 4.79 Å². The molecule has 0 aliphatic heterocycles. The van der Waals surface area contributed by atoms with E-state index in [1.54, 1.807) is 6.08 Å². The molecule has 5 nitrogen and oxygen atoms in total. The first-order chi connectivity index (χ1) is 12.5. The average Bonchev–Trinajstić information content (AvgIpc) is 3.11. The van der Waals surface area contributed by atoms with E-state index < -0.39 is 11.7 Å². The van der Waals surface area contributed by atoms with Crippen molar-refractivity contribution < 1.29 is 13.6 Å². The van der Waals surface area contributed by atoms with Crippen LogP contribution in [-0.2, 0) is 6.54 Å². The van der Waals surface area contributed by atoms with E-state index >= 15 is 0 Å². The number of carbonyl (C=O) groups is 1. The molecule has 0 radical (unpaired) electrons. The summed E-state index contributed by atoms with van der Waals surface area (Å²) in [4.78, 5) is 16.0. The highest BCUT2D eigenvalue weighted by molar-refractivity contribution is 6.31. The van der Waals surface area contributed by atoms with Crippen molar-refractivity contribution in [3.05, 3.63) is 64.7 Å². The smallest absolute Gasteiger partial charge is 0.295 e. The lowest BCUT2D eigenvalue weighted by Crippen LogP contribution is -2.15. The van der Waals surface area contributed by atoms with Crippen molar-refractivity contribution in [2.24, 2.45) is 0 Å². The molecular formula is C18H19ClF2N4O. The summed E-state index contributed by atoms with van der Waals surface area (Å²) in [7, 11) is 0. The lowest BCUT2D eigenvalue weighted by Gasteiger charge is -2.10. The van der Waals surface area contributed by atoms with Gasteiger partial charge in [0.2, 0.25) is 5.82 Å². The summed E-state index contributed by atoms with van der Waals surface area (Å²) in [6, 6.07) is 4.27. The summed E-state index contributed by atoms with van der Waals surface area (Å²) >= 11 is 5.66. The van der Waals surface area contributed by atoms with Gasteiger partial charge in [-0.1, -0.05) is 37.6 Å². The van der Waals surface area contributed by atoms with Gasteiger partial charge in [0.15, 0.2) is 5.82 Å². The zero-order chi connectivity index (χ0) is 19.1. The molecule has 0 atom stereocenters. The van der Waals surface area contributed by atoms with Crippen molar-refractivity contribution in [1.82, 2.24) is 14.8 Å². The predicted molar refractivity (Wildman–Crippen MR) is 97.2 cm³/mol. The van der Waals surface area contributed by atoms with Gasteiger partial charge in [-0.25, -0.2) is 18.4 Å². The Bertz CT molecular complexity index is 845. The molecule has 1 amide bonds. The van der Waals surface area contributed by atoms with Gasteiger partial charge in [-0.2, -0.15) is 0 Å². The molecule has 1 aliphatic carbocycles. The Morgan fingerprint density at radius 2 is 2.12 bits per heavy atom. The van der Waals surface area contributed by atoms with Gasteiger partial charge in [0, 0.05) is 0 Å². The molecule has 8 heteroatoms. The molecule has 1 aromatic carbocycles. The number of anilines is 1. The Balaban J connectivity index is 0.00000117. The van der Waals surface area contributed by atoms with E-state index in [4.69, 9.17) is 11.6 Å². The normalized spacial score (nSPS) is 13.3. The predicted octanol–water partition coefficient (Wildman–Crippen LogP) is 4.92. The Morgan fingerprint density at radius 1 is 1.35 bits per heavy atom. The van der Waals surface area contributed by atoms with Crippen LogP contribution in [0.3, 0.4) is 0 Å². The van der Waals surface area contributed by atoms with Crippen LogP contribution in [0.1, 0.15) is 37.3 Å². The third-order valence-electron chi connectivity index (χ3n) is 3.51. The SMILES string of the molecule is CC.O=C(Nc1cccc(Cl)c1F)c1ncn(CC2=C(F)C=CCC2)n1. The van der Waals surface area contributed by atoms with Crippen molar-refractivity contribution in [1.29, 1.82) is 0 Å². The van der Waals surface area contributed by atoms with Crippen molar-refractivity contribution >= 4 is 23.2 Å². The topological polar surface area (TPSA) is 59.8 Å². The summed E-state index contributed by atoms with van der Waals surface area (Å²) in [6.45, 7) is 4.21. The summed E-state index contributed by atoms with van der Waals surface area (Å²) < 4.78 is 28.8. The molecule has 0 fully saturated rings. The minimum atomic E-state index is -0.729. The fraction of sp³-hybridized carbons (Fsp3) is 0.278. The zero-order valence-corrected chi connectivity index (χ0v) is 15.2. The number of carbonyl (C=O) groups excluding carboxylic acids is 1. The Morgan fingerprint density at radius 3 is 2.85 bits per heavy atom. The lowest BCUT2D eigenvalue weighted by molar-refractivity contribution is 0.101. The molecule has 0 unspecified atom stereocenters. The van der Waals surface area contributed by atoms with E-state index in [0.29, 0.717) is 12.0 Å². The second kappa shape index (κ2) is 9.24. The molecular weight excluding hydrogens is 362 g/mol. The third-order valence-corrected chi connectivity index (χ3v) is 3.80. The molecule has 1 aliphatic rings. The number of amides is 1. The fourth-order valence-corrected chi connectivity index (χ4v) is 2.46. The highest BCUT2D eigenvalue weighted by atomic mass is 35.5. The van der Waals surface area contributed by atoms with Gasteiger partial charge >= 0.3 is 0 Å². The van der Waals surface area contributed by atoms with Crippen LogP contribution in [0, 0.1) is 5.82 Å². The molecule has 1 N–H and O–H groups in total. The van der Waals surface area contributed by atoms with Gasteiger partial charge in [-0.05, 0) is 36.6 Å². The monoisotopic (exact) mass is 380 g/mol. The van der Waals surface area contributed by atoms with Gasteiger partial charge in [-0.15, -0.1) is 5.10 Å². The van der Waals surface area contributed by atoms with Crippen LogP contribution >= 0.6 is 11.6 Å². The van der Waals surface area contributed by atoms with E-state index in [2.05, 4.69) is 15.4 Å². The van der Waals surface area contributed by atoms with Crippen LogP contribution in [0.25, 0.3) is 0 Å². The first-order valence-corrected chi connectivity index (χ1v) is 8.61. The summed E-state index contributed by atoms with van der Waals surface area (Å²) in [5.41, 5.74) is 0.533. The molecule has 138 valence electrons. The van der Waals surface area contributed by atoms with Gasteiger partial charge in [0.05, 0.1) is 17.3 Å². The summed E-state index contributed by atoms with van der Waals surface area (Å²) in [5.74, 6) is -1.83. The number of nitrogens with one attached hydrogen (secondary N) is 1. The third kappa shape index (κ3) is 4.76. The van der Waals surface area contributed by atoms with Crippen LogP contribution in [0.4, 0.5) is 14.5 Å². The molecule has 1 heterocycles. The first-order valence-electron chi connectivity index (χ1n) is 8.23. The quantitative estimate of drug-likeness (QED) is 0.818. The summed E-state index contributed by atoms with van der Waals surface area (Å²) in [6.07, 6.45) is 5.88. The Kier molecular flexibility index (Phi) is 7.03. The van der Waals surface area contributed by atoms with E-state index in [1.807, 2.05) is 13.8 Å².